The van der Waals surface area contributed by atoms with Crippen molar-refractivity contribution in [2.24, 2.45) is 0 Å². The highest BCUT2D eigenvalue weighted by Gasteiger charge is 2.26. The first kappa shape index (κ1) is 15.4. The average Bonchev–Trinajstić information content (AvgIpc) is 3.17. The van der Waals surface area contributed by atoms with Crippen LogP contribution in [-0.2, 0) is 4.74 Å². The highest BCUT2D eigenvalue weighted by molar-refractivity contribution is 5.61. The van der Waals surface area contributed by atoms with Gasteiger partial charge in [0.1, 0.15) is 6.10 Å². The van der Waals surface area contributed by atoms with Crippen molar-refractivity contribution >= 4 is 5.95 Å². The average molecular weight is 326 g/mol. The van der Waals surface area contributed by atoms with Gasteiger partial charge in [0, 0.05) is 56.9 Å². The minimum Gasteiger partial charge on any atom is -0.372 e. The molecule has 0 N–H and O–H groups in total. The van der Waals surface area contributed by atoms with Crippen LogP contribution in [0.25, 0.3) is 11.3 Å². The fraction of sp³-hybridized carbons (Fsp3) is 0.529. The van der Waals surface area contributed by atoms with E-state index in [0.29, 0.717) is 0 Å². The van der Waals surface area contributed by atoms with E-state index in [9.17, 15) is 0 Å². The number of aromatic nitrogens is 4. The highest BCUT2D eigenvalue weighted by Crippen LogP contribution is 2.34. The summed E-state index contributed by atoms with van der Waals surface area (Å²) in [5.74, 6) is 0.793. The largest absolute Gasteiger partial charge is 0.372 e. The minimum absolute atomic E-state index is 0.0243. The topological polar surface area (TPSA) is 67.3 Å². The van der Waals surface area contributed by atoms with E-state index in [2.05, 4.69) is 31.8 Å². The SMILES string of the molecule is CN1CCN(c2ncc(-c3cnccn3)c([C@@H]3CCCO3)n2)CC1. The molecule has 2 aliphatic rings. The van der Waals surface area contributed by atoms with Crippen LogP contribution in [0.3, 0.4) is 0 Å². The molecule has 7 nitrogen and oxygen atoms in total. The Kier molecular flexibility index (Phi) is 4.36. The van der Waals surface area contributed by atoms with Crippen LogP contribution >= 0.6 is 0 Å². The van der Waals surface area contributed by atoms with Gasteiger partial charge in [0.2, 0.25) is 5.95 Å². The molecule has 0 bridgehead atoms. The van der Waals surface area contributed by atoms with Gasteiger partial charge in [-0.3, -0.25) is 9.97 Å². The standard InChI is InChI=1S/C17H22N6O/c1-22-6-8-23(9-7-22)17-20-11-13(14-12-18-4-5-19-14)16(21-17)15-3-2-10-24-15/h4-5,11-12,15H,2-3,6-10H2,1H3/t15-/m0/s1. The summed E-state index contributed by atoms with van der Waals surface area (Å²) in [5.41, 5.74) is 2.66. The number of hydrogen-bond acceptors (Lipinski definition) is 7. The first-order valence-corrected chi connectivity index (χ1v) is 8.49. The van der Waals surface area contributed by atoms with Crippen molar-refractivity contribution < 1.29 is 4.74 Å². The van der Waals surface area contributed by atoms with E-state index < -0.39 is 0 Å². The van der Waals surface area contributed by atoms with Gasteiger partial charge in [-0.05, 0) is 19.9 Å². The Labute approximate surface area is 141 Å². The summed E-state index contributed by atoms with van der Waals surface area (Å²) in [5, 5.41) is 0. The van der Waals surface area contributed by atoms with Gasteiger partial charge in [-0.2, -0.15) is 0 Å². The molecule has 2 saturated heterocycles. The van der Waals surface area contributed by atoms with E-state index in [1.165, 1.54) is 0 Å². The van der Waals surface area contributed by atoms with Gasteiger partial charge in [-0.1, -0.05) is 0 Å². The second-order valence-corrected chi connectivity index (χ2v) is 6.35. The second kappa shape index (κ2) is 6.78. The van der Waals surface area contributed by atoms with Gasteiger partial charge in [-0.25, -0.2) is 9.97 Å². The Morgan fingerprint density at radius 3 is 2.67 bits per heavy atom. The molecule has 1 atom stereocenters. The third-order valence-electron chi connectivity index (χ3n) is 4.67. The predicted molar refractivity (Wildman–Crippen MR) is 90.7 cm³/mol. The number of ether oxygens (including phenoxy) is 1. The molecule has 0 aromatic carbocycles. The van der Waals surface area contributed by atoms with E-state index in [1.54, 1.807) is 18.6 Å². The minimum atomic E-state index is 0.0243. The van der Waals surface area contributed by atoms with Crippen molar-refractivity contribution in [2.45, 2.75) is 18.9 Å². The molecule has 0 aliphatic carbocycles. The molecule has 4 rings (SSSR count). The fourth-order valence-corrected chi connectivity index (χ4v) is 3.22. The normalized spacial score (nSPS) is 22.0. The third-order valence-corrected chi connectivity index (χ3v) is 4.67. The Hall–Kier alpha value is -2.12. The zero-order valence-corrected chi connectivity index (χ0v) is 13.9. The van der Waals surface area contributed by atoms with E-state index >= 15 is 0 Å². The molecule has 0 radical (unpaired) electrons. The van der Waals surface area contributed by atoms with Crippen LogP contribution in [0, 0.1) is 0 Å². The van der Waals surface area contributed by atoms with Crippen molar-refractivity contribution in [1.82, 2.24) is 24.8 Å². The Morgan fingerprint density at radius 1 is 1.08 bits per heavy atom. The maximum atomic E-state index is 5.90. The van der Waals surface area contributed by atoms with E-state index in [4.69, 9.17) is 9.72 Å². The number of anilines is 1. The van der Waals surface area contributed by atoms with Crippen LogP contribution in [0.1, 0.15) is 24.6 Å². The predicted octanol–water partition coefficient (Wildman–Crippen LogP) is 1.54. The molecule has 0 saturated carbocycles. The molecule has 126 valence electrons. The van der Waals surface area contributed by atoms with Crippen LogP contribution in [0.2, 0.25) is 0 Å². The first-order chi connectivity index (χ1) is 11.8. The third kappa shape index (κ3) is 3.09. The lowest BCUT2D eigenvalue weighted by molar-refractivity contribution is 0.109. The van der Waals surface area contributed by atoms with Gasteiger partial charge in [0.15, 0.2) is 0 Å². The summed E-state index contributed by atoms with van der Waals surface area (Å²) in [6, 6.07) is 0. The smallest absolute Gasteiger partial charge is 0.225 e. The van der Waals surface area contributed by atoms with Crippen LogP contribution in [-0.4, -0.2) is 64.7 Å². The number of rotatable bonds is 3. The lowest BCUT2D eigenvalue weighted by Gasteiger charge is -2.32. The Balaban J connectivity index is 1.69. The quantitative estimate of drug-likeness (QED) is 0.847. The van der Waals surface area contributed by atoms with E-state index in [-0.39, 0.29) is 6.10 Å². The highest BCUT2D eigenvalue weighted by atomic mass is 16.5. The van der Waals surface area contributed by atoms with Crippen LogP contribution in [0.15, 0.2) is 24.8 Å². The number of piperazine rings is 1. The molecule has 2 aromatic heterocycles. The molecule has 4 heterocycles. The molecule has 0 unspecified atom stereocenters. The van der Waals surface area contributed by atoms with Crippen molar-refractivity contribution in [3.63, 3.8) is 0 Å². The molecule has 24 heavy (non-hydrogen) atoms. The molecule has 7 heteroatoms. The van der Waals surface area contributed by atoms with Gasteiger partial charge in [0.25, 0.3) is 0 Å². The zero-order valence-electron chi connectivity index (χ0n) is 13.9. The van der Waals surface area contributed by atoms with Crippen LogP contribution in [0.5, 0.6) is 0 Å². The summed E-state index contributed by atoms with van der Waals surface area (Å²) in [4.78, 5) is 22.7. The second-order valence-electron chi connectivity index (χ2n) is 6.35. The number of nitrogens with zero attached hydrogens (tertiary/aromatic N) is 6. The number of hydrogen-bond donors (Lipinski definition) is 0. The molecular formula is C17H22N6O. The number of likely N-dealkylation sites (N-methyl/N-ethyl adjacent to an activating group) is 1. The van der Waals surface area contributed by atoms with Crippen molar-refractivity contribution in [2.75, 3.05) is 44.7 Å². The first-order valence-electron chi connectivity index (χ1n) is 8.49. The van der Waals surface area contributed by atoms with E-state index in [1.807, 2.05) is 6.20 Å². The van der Waals surface area contributed by atoms with Gasteiger partial charge in [-0.15, -0.1) is 0 Å². The maximum absolute atomic E-state index is 5.90. The fourth-order valence-electron chi connectivity index (χ4n) is 3.22. The van der Waals surface area contributed by atoms with Crippen LogP contribution < -0.4 is 4.90 Å². The summed E-state index contributed by atoms with van der Waals surface area (Å²) in [6.45, 7) is 4.76. The molecule has 0 amide bonds. The van der Waals surface area contributed by atoms with Gasteiger partial charge < -0.3 is 14.5 Å². The molecular weight excluding hydrogens is 304 g/mol. The lowest BCUT2D eigenvalue weighted by atomic mass is 10.1. The lowest BCUT2D eigenvalue weighted by Crippen LogP contribution is -2.45. The zero-order chi connectivity index (χ0) is 16.4. The van der Waals surface area contributed by atoms with Crippen molar-refractivity contribution in [1.29, 1.82) is 0 Å². The van der Waals surface area contributed by atoms with E-state index in [0.717, 1.165) is 68.5 Å². The monoisotopic (exact) mass is 326 g/mol. The maximum Gasteiger partial charge on any atom is 0.225 e. The summed E-state index contributed by atoms with van der Waals surface area (Å²) in [6.07, 6.45) is 9.09. The van der Waals surface area contributed by atoms with Crippen molar-refractivity contribution in [3.05, 3.63) is 30.5 Å². The Bertz CT molecular complexity index is 681. The van der Waals surface area contributed by atoms with Gasteiger partial charge >= 0.3 is 0 Å². The molecule has 2 aliphatic heterocycles. The summed E-state index contributed by atoms with van der Waals surface area (Å²) in [7, 11) is 2.15. The molecule has 2 fully saturated rings. The summed E-state index contributed by atoms with van der Waals surface area (Å²) < 4.78 is 5.90. The Morgan fingerprint density at radius 2 is 1.96 bits per heavy atom. The molecule has 0 spiro atoms. The summed E-state index contributed by atoms with van der Waals surface area (Å²) >= 11 is 0. The van der Waals surface area contributed by atoms with Crippen molar-refractivity contribution in [3.8, 4) is 11.3 Å². The van der Waals surface area contributed by atoms with Crippen LogP contribution in [0.4, 0.5) is 5.95 Å². The molecule has 2 aromatic rings. The van der Waals surface area contributed by atoms with Gasteiger partial charge in [0.05, 0.1) is 17.6 Å².